The fourth-order valence-electron chi connectivity index (χ4n) is 2.48. The lowest BCUT2D eigenvalue weighted by atomic mass is 10.1. The Morgan fingerprint density at radius 3 is 2.40 bits per heavy atom. The minimum absolute atomic E-state index is 0.215. The lowest BCUT2D eigenvalue weighted by Gasteiger charge is -2.09. The topological polar surface area (TPSA) is 54.0 Å². The van der Waals surface area contributed by atoms with Crippen LogP contribution in [0, 0.1) is 0 Å². The van der Waals surface area contributed by atoms with E-state index in [2.05, 4.69) is 34.7 Å². The smallest absolute Gasteiger partial charge is 0.274 e. The summed E-state index contributed by atoms with van der Waals surface area (Å²) in [6, 6.07) is 21.6. The van der Waals surface area contributed by atoms with Gasteiger partial charge in [0.25, 0.3) is 5.91 Å². The number of aromatic nitrogens is 1. The van der Waals surface area contributed by atoms with Crippen LogP contribution in [0.15, 0.2) is 72.9 Å². The number of rotatable bonds is 6. The van der Waals surface area contributed by atoms with Crippen LogP contribution in [0.5, 0.6) is 0 Å². The van der Waals surface area contributed by atoms with Crippen LogP contribution in [0.3, 0.4) is 0 Å². The van der Waals surface area contributed by atoms with E-state index in [-0.39, 0.29) is 5.91 Å². The van der Waals surface area contributed by atoms with Crippen LogP contribution in [0.1, 0.15) is 28.5 Å². The third-order valence-electron chi connectivity index (χ3n) is 3.95. The first-order valence-corrected chi connectivity index (χ1v) is 8.39. The molecule has 25 heavy (non-hydrogen) atoms. The third kappa shape index (κ3) is 4.67. The molecule has 2 aromatic carbocycles. The average Bonchev–Trinajstić information content (AvgIpc) is 2.68. The molecule has 4 nitrogen and oxygen atoms in total. The number of anilines is 2. The number of aryl methyl sites for hydroxylation is 1. The molecule has 4 heteroatoms. The molecule has 0 radical (unpaired) electrons. The molecular weight excluding hydrogens is 310 g/mol. The summed E-state index contributed by atoms with van der Waals surface area (Å²) in [4.78, 5) is 16.6. The molecule has 0 bridgehead atoms. The van der Waals surface area contributed by atoms with Crippen molar-refractivity contribution >= 4 is 17.3 Å². The zero-order chi connectivity index (χ0) is 17.5. The molecule has 0 aliphatic carbocycles. The van der Waals surface area contributed by atoms with E-state index >= 15 is 0 Å². The second-order valence-electron chi connectivity index (χ2n) is 5.77. The molecule has 2 N–H and O–H groups in total. The van der Waals surface area contributed by atoms with E-state index in [4.69, 9.17) is 0 Å². The van der Waals surface area contributed by atoms with Gasteiger partial charge in [0.05, 0.1) is 0 Å². The third-order valence-corrected chi connectivity index (χ3v) is 3.95. The van der Waals surface area contributed by atoms with Crippen LogP contribution in [-0.4, -0.2) is 10.9 Å². The normalized spacial score (nSPS) is 10.3. The number of carbonyl (C=O) groups is 1. The minimum atomic E-state index is -0.215. The predicted octanol–water partition coefficient (Wildman–Crippen LogP) is 4.51. The molecule has 0 atom stereocenters. The molecule has 0 fully saturated rings. The monoisotopic (exact) mass is 331 g/mol. The van der Waals surface area contributed by atoms with E-state index in [1.807, 2.05) is 48.5 Å². The van der Waals surface area contributed by atoms with Crippen molar-refractivity contribution in [3.63, 3.8) is 0 Å². The molecule has 0 unspecified atom stereocenters. The molecule has 0 saturated carbocycles. The molecule has 126 valence electrons. The molecule has 3 rings (SSSR count). The molecule has 3 aromatic rings. The van der Waals surface area contributed by atoms with E-state index in [9.17, 15) is 4.79 Å². The van der Waals surface area contributed by atoms with Gasteiger partial charge in [-0.2, -0.15) is 0 Å². The van der Waals surface area contributed by atoms with Crippen molar-refractivity contribution in [2.24, 2.45) is 0 Å². The SMILES string of the molecule is CCc1ccc(NC(=O)c2cc(NCc3ccccc3)ccn2)cc1. The van der Waals surface area contributed by atoms with Crippen LogP contribution in [-0.2, 0) is 13.0 Å². The van der Waals surface area contributed by atoms with Crippen LogP contribution in [0.25, 0.3) is 0 Å². The van der Waals surface area contributed by atoms with Gasteiger partial charge in [0, 0.05) is 24.1 Å². The fraction of sp³-hybridized carbons (Fsp3) is 0.143. The number of nitrogens with zero attached hydrogens (tertiary/aromatic N) is 1. The van der Waals surface area contributed by atoms with Crippen LogP contribution >= 0.6 is 0 Å². The molecule has 0 aliphatic heterocycles. The van der Waals surface area contributed by atoms with Gasteiger partial charge in [0.15, 0.2) is 0 Å². The van der Waals surface area contributed by atoms with E-state index in [1.165, 1.54) is 11.1 Å². The highest BCUT2D eigenvalue weighted by atomic mass is 16.1. The van der Waals surface area contributed by atoms with Gasteiger partial charge in [0.1, 0.15) is 5.69 Å². The number of benzene rings is 2. The highest BCUT2D eigenvalue weighted by Gasteiger charge is 2.08. The number of hydrogen-bond acceptors (Lipinski definition) is 3. The summed E-state index contributed by atoms with van der Waals surface area (Å²) in [7, 11) is 0. The van der Waals surface area contributed by atoms with Gasteiger partial charge in [-0.1, -0.05) is 49.4 Å². The van der Waals surface area contributed by atoms with Crippen molar-refractivity contribution in [3.8, 4) is 0 Å². The molecule has 1 amide bonds. The lowest BCUT2D eigenvalue weighted by Crippen LogP contribution is -2.14. The summed E-state index contributed by atoms with van der Waals surface area (Å²) in [5.74, 6) is -0.215. The van der Waals surface area contributed by atoms with Gasteiger partial charge in [-0.25, -0.2) is 0 Å². The summed E-state index contributed by atoms with van der Waals surface area (Å²) < 4.78 is 0. The maximum atomic E-state index is 12.4. The van der Waals surface area contributed by atoms with Crippen LogP contribution in [0.4, 0.5) is 11.4 Å². The van der Waals surface area contributed by atoms with Crippen molar-refractivity contribution < 1.29 is 4.79 Å². The van der Waals surface area contributed by atoms with E-state index < -0.39 is 0 Å². The first-order chi connectivity index (χ1) is 12.2. The Hall–Kier alpha value is -3.14. The Kier molecular flexibility index (Phi) is 5.42. The second-order valence-corrected chi connectivity index (χ2v) is 5.77. The molecule has 1 heterocycles. The highest BCUT2D eigenvalue weighted by Crippen LogP contribution is 2.14. The Labute approximate surface area is 147 Å². The lowest BCUT2D eigenvalue weighted by molar-refractivity contribution is 0.102. The van der Waals surface area contributed by atoms with Gasteiger partial charge < -0.3 is 10.6 Å². The summed E-state index contributed by atoms with van der Waals surface area (Å²) in [6.07, 6.45) is 2.62. The van der Waals surface area contributed by atoms with Gasteiger partial charge in [0.2, 0.25) is 0 Å². The van der Waals surface area contributed by atoms with Crippen molar-refractivity contribution in [2.75, 3.05) is 10.6 Å². The number of hydrogen-bond donors (Lipinski definition) is 2. The molecule has 0 spiro atoms. The van der Waals surface area contributed by atoms with E-state index in [1.54, 1.807) is 12.3 Å². The number of amides is 1. The molecule has 0 saturated heterocycles. The Morgan fingerprint density at radius 1 is 0.920 bits per heavy atom. The average molecular weight is 331 g/mol. The Bertz CT molecular complexity index is 829. The Morgan fingerprint density at radius 2 is 1.68 bits per heavy atom. The van der Waals surface area contributed by atoms with Gasteiger partial charge in [-0.15, -0.1) is 0 Å². The van der Waals surface area contributed by atoms with Crippen molar-refractivity contribution in [1.29, 1.82) is 0 Å². The number of nitrogens with one attached hydrogen (secondary N) is 2. The zero-order valence-corrected chi connectivity index (χ0v) is 14.2. The standard InChI is InChI=1S/C21H21N3O/c1-2-16-8-10-18(11-9-16)24-21(25)20-14-19(12-13-22-20)23-15-17-6-4-3-5-7-17/h3-14H,2,15H2,1H3,(H,22,23)(H,24,25). The fourth-order valence-corrected chi connectivity index (χ4v) is 2.48. The highest BCUT2D eigenvalue weighted by molar-refractivity contribution is 6.03. The van der Waals surface area contributed by atoms with Gasteiger partial charge in [-0.3, -0.25) is 9.78 Å². The minimum Gasteiger partial charge on any atom is -0.381 e. The number of carbonyl (C=O) groups excluding carboxylic acids is 1. The van der Waals surface area contributed by atoms with Gasteiger partial charge >= 0.3 is 0 Å². The van der Waals surface area contributed by atoms with Crippen LogP contribution in [0.2, 0.25) is 0 Å². The first kappa shape index (κ1) is 16.7. The Balaban J connectivity index is 1.64. The molecule has 1 aromatic heterocycles. The summed E-state index contributed by atoms with van der Waals surface area (Å²) >= 11 is 0. The second kappa shape index (κ2) is 8.11. The summed E-state index contributed by atoms with van der Waals surface area (Å²) in [6.45, 7) is 2.80. The largest absolute Gasteiger partial charge is 0.381 e. The van der Waals surface area contributed by atoms with Crippen molar-refractivity contribution in [1.82, 2.24) is 4.98 Å². The molecular formula is C21H21N3O. The zero-order valence-electron chi connectivity index (χ0n) is 14.2. The number of pyridine rings is 1. The van der Waals surface area contributed by atoms with E-state index in [0.717, 1.165) is 17.8 Å². The van der Waals surface area contributed by atoms with E-state index in [0.29, 0.717) is 12.2 Å². The molecule has 0 aliphatic rings. The van der Waals surface area contributed by atoms with Crippen molar-refractivity contribution in [3.05, 3.63) is 89.7 Å². The van der Waals surface area contributed by atoms with Crippen molar-refractivity contribution in [2.45, 2.75) is 19.9 Å². The quantitative estimate of drug-likeness (QED) is 0.699. The summed E-state index contributed by atoms with van der Waals surface area (Å²) in [5, 5.41) is 6.20. The maximum absolute atomic E-state index is 12.4. The van der Waals surface area contributed by atoms with Crippen LogP contribution < -0.4 is 10.6 Å². The predicted molar refractivity (Wildman–Crippen MR) is 102 cm³/mol. The van der Waals surface area contributed by atoms with Gasteiger partial charge in [-0.05, 0) is 41.8 Å². The maximum Gasteiger partial charge on any atom is 0.274 e. The summed E-state index contributed by atoms with van der Waals surface area (Å²) in [5.41, 5.74) is 4.44. The first-order valence-electron chi connectivity index (χ1n) is 8.39.